The van der Waals surface area contributed by atoms with E-state index in [9.17, 15) is 13.5 Å². The maximum absolute atomic E-state index is 11.9. The van der Waals surface area contributed by atoms with Gasteiger partial charge in [-0.3, -0.25) is 0 Å². The smallest absolute Gasteiger partial charge is 0.214 e. The molecule has 8 heteroatoms. The van der Waals surface area contributed by atoms with Gasteiger partial charge in [-0.25, -0.2) is 8.42 Å². The number of nitrogens with one attached hydrogen (secondary N) is 1. The van der Waals surface area contributed by atoms with Crippen LogP contribution in [0.2, 0.25) is 0 Å². The zero-order valence-electron chi connectivity index (χ0n) is 9.63. The Kier molecular flexibility index (Phi) is 3.19. The predicted octanol–water partition coefficient (Wildman–Crippen LogP) is -0.562. The standard InChI is InChI=1S/C9H16N4O3S/c1-2-5-17(15,16)13-4-3-9(14,7-13)8-6-10-12-11-8/h6,14H,2-5,7H2,1H3,(H,10,11,12)/t9-/m0/s1. The van der Waals surface area contributed by atoms with Crippen LogP contribution in [0, 0.1) is 0 Å². The number of sulfonamides is 1. The Morgan fingerprint density at radius 3 is 3.00 bits per heavy atom. The molecule has 1 aliphatic rings. The molecule has 96 valence electrons. The molecule has 0 amide bonds. The Hall–Kier alpha value is -0.990. The van der Waals surface area contributed by atoms with Crippen molar-refractivity contribution in [1.82, 2.24) is 19.7 Å². The van der Waals surface area contributed by atoms with Gasteiger partial charge in [0.2, 0.25) is 10.0 Å². The van der Waals surface area contributed by atoms with Crippen molar-refractivity contribution in [3.05, 3.63) is 11.9 Å². The number of rotatable bonds is 4. The average molecular weight is 260 g/mol. The first-order valence-electron chi connectivity index (χ1n) is 5.54. The fourth-order valence-corrected chi connectivity index (χ4v) is 3.57. The topological polar surface area (TPSA) is 99.2 Å². The molecule has 1 atom stereocenters. The molecule has 1 saturated heterocycles. The molecule has 2 rings (SSSR count). The van der Waals surface area contributed by atoms with E-state index < -0.39 is 15.6 Å². The molecular formula is C9H16N4O3S. The lowest BCUT2D eigenvalue weighted by atomic mass is 10.0. The molecule has 1 fully saturated rings. The van der Waals surface area contributed by atoms with Gasteiger partial charge in [-0.15, -0.1) is 0 Å². The third-order valence-corrected chi connectivity index (χ3v) is 4.98. The van der Waals surface area contributed by atoms with E-state index in [1.54, 1.807) is 0 Å². The maximum atomic E-state index is 11.9. The predicted molar refractivity (Wildman–Crippen MR) is 60.5 cm³/mol. The summed E-state index contributed by atoms with van der Waals surface area (Å²) in [5.41, 5.74) is -0.819. The fourth-order valence-electron chi connectivity index (χ4n) is 2.02. The van der Waals surface area contributed by atoms with Crippen molar-refractivity contribution >= 4 is 10.0 Å². The van der Waals surface area contributed by atoms with Gasteiger partial charge < -0.3 is 5.11 Å². The van der Waals surface area contributed by atoms with E-state index in [2.05, 4.69) is 15.4 Å². The van der Waals surface area contributed by atoms with Crippen LogP contribution in [0.25, 0.3) is 0 Å². The summed E-state index contributed by atoms with van der Waals surface area (Å²) < 4.78 is 25.0. The molecule has 2 N–H and O–H groups in total. The Bertz CT molecular complexity index is 472. The van der Waals surface area contributed by atoms with Crippen molar-refractivity contribution < 1.29 is 13.5 Å². The van der Waals surface area contributed by atoms with Gasteiger partial charge in [-0.2, -0.15) is 19.7 Å². The quantitative estimate of drug-likeness (QED) is 0.756. The highest BCUT2D eigenvalue weighted by molar-refractivity contribution is 7.89. The highest BCUT2D eigenvalue weighted by Gasteiger charge is 2.43. The average Bonchev–Trinajstić information content (AvgIpc) is 2.86. The second-order valence-electron chi connectivity index (χ2n) is 4.29. The molecule has 2 heterocycles. The minimum atomic E-state index is -3.26. The first-order valence-corrected chi connectivity index (χ1v) is 7.15. The zero-order chi connectivity index (χ0) is 12.5. The monoisotopic (exact) mass is 260 g/mol. The van der Waals surface area contributed by atoms with E-state index in [1.165, 1.54) is 10.5 Å². The Balaban J connectivity index is 2.15. The first kappa shape index (κ1) is 12.5. The van der Waals surface area contributed by atoms with Crippen LogP contribution in [0.3, 0.4) is 0 Å². The SMILES string of the molecule is CCCS(=O)(=O)N1CC[C@@](O)(c2cn[nH]n2)C1. The van der Waals surface area contributed by atoms with Crippen molar-refractivity contribution in [1.29, 1.82) is 0 Å². The summed E-state index contributed by atoms with van der Waals surface area (Å²) in [7, 11) is -3.26. The van der Waals surface area contributed by atoms with E-state index >= 15 is 0 Å². The van der Waals surface area contributed by atoms with Gasteiger partial charge in [-0.1, -0.05) is 6.92 Å². The Labute approximate surface area is 99.9 Å². The highest BCUT2D eigenvalue weighted by Crippen LogP contribution is 2.31. The van der Waals surface area contributed by atoms with Crippen LogP contribution in [0.15, 0.2) is 6.20 Å². The van der Waals surface area contributed by atoms with Crippen LogP contribution in [-0.2, 0) is 15.6 Å². The molecule has 0 radical (unpaired) electrons. The zero-order valence-corrected chi connectivity index (χ0v) is 10.4. The van der Waals surface area contributed by atoms with E-state index in [-0.39, 0.29) is 12.3 Å². The van der Waals surface area contributed by atoms with Crippen molar-refractivity contribution in [2.24, 2.45) is 0 Å². The van der Waals surface area contributed by atoms with Crippen LogP contribution >= 0.6 is 0 Å². The number of H-pyrrole nitrogens is 1. The first-order chi connectivity index (χ1) is 7.98. The van der Waals surface area contributed by atoms with E-state index in [4.69, 9.17) is 0 Å². The highest BCUT2D eigenvalue weighted by atomic mass is 32.2. The molecular weight excluding hydrogens is 244 g/mol. The van der Waals surface area contributed by atoms with Gasteiger partial charge in [0.1, 0.15) is 11.3 Å². The van der Waals surface area contributed by atoms with Crippen LogP contribution < -0.4 is 0 Å². The lowest BCUT2D eigenvalue weighted by molar-refractivity contribution is 0.0485. The van der Waals surface area contributed by atoms with Crippen molar-refractivity contribution in [3.8, 4) is 0 Å². The Morgan fingerprint density at radius 1 is 1.65 bits per heavy atom. The van der Waals surface area contributed by atoms with Crippen LogP contribution in [0.5, 0.6) is 0 Å². The number of hydrogen-bond donors (Lipinski definition) is 2. The normalized spacial score (nSPS) is 26.5. The van der Waals surface area contributed by atoms with Crippen molar-refractivity contribution in [3.63, 3.8) is 0 Å². The molecule has 1 aromatic heterocycles. The number of nitrogens with zero attached hydrogens (tertiary/aromatic N) is 3. The van der Waals surface area contributed by atoms with Crippen LogP contribution in [0.1, 0.15) is 25.5 Å². The Morgan fingerprint density at radius 2 is 2.41 bits per heavy atom. The third-order valence-electron chi connectivity index (χ3n) is 2.96. The molecule has 0 saturated carbocycles. The maximum Gasteiger partial charge on any atom is 0.214 e. The number of hydrogen-bond acceptors (Lipinski definition) is 5. The van der Waals surface area contributed by atoms with Gasteiger partial charge >= 0.3 is 0 Å². The molecule has 0 bridgehead atoms. The second kappa shape index (κ2) is 4.35. The number of aromatic nitrogens is 3. The van der Waals surface area contributed by atoms with E-state index in [1.807, 2.05) is 6.92 Å². The van der Waals surface area contributed by atoms with Crippen molar-refractivity contribution in [2.45, 2.75) is 25.4 Å². The minimum absolute atomic E-state index is 0.0574. The summed E-state index contributed by atoms with van der Waals surface area (Å²) in [5, 5.41) is 20.2. The van der Waals surface area contributed by atoms with Crippen LogP contribution in [0.4, 0.5) is 0 Å². The molecule has 0 spiro atoms. The minimum Gasteiger partial charge on any atom is -0.382 e. The number of aromatic amines is 1. The molecule has 1 aromatic rings. The van der Waals surface area contributed by atoms with Crippen LogP contribution in [-0.4, -0.2) is 52.1 Å². The molecule has 0 aliphatic carbocycles. The summed E-state index contributed by atoms with van der Waals surface area (Å²) in [5.74, 6) is 0.113. The molecule has 0 aromatic carbocycles. The molecule has 7 nitrogen and oxygen atoms in total. The third kappa shape index (κ3) is 2.33. The largest absolute Gasteiger partial charge is 0.382 e. The second-order valence-corrected chi connectivity index (χ2v) is 6.37. The van der Waals surface area contributed by atoms with Gasteiger partial charge in [-0.05, 0) is 12.8 Å². The van der Waals surface area contributed by atoms with E-state index in [0.717, 1.165) is 0 Å². The van der Waals surface area contributed by atoms with E-state index in [0.29, 0.717) is 25.1 Å². The van der Waals surface area contributed by atoms with Crippen molar-refractivity contribution in [2.75, 3.05) is 18.8 Å². The lowest BCUT2D eigenvalue weighted by Gasteiger charge is -2.20. The van der Waals surface area contributed by atoms with Gasteiger partial charge in [0.05, 0.1) is 11.9 Å². The number of aliphatic hydroxyl groups is 1. The summed E-state index contributed by atoms with van der Waals surface area (Å²) in [4.78, 5) is 0. The molecule has 17 heavy (non-hydrogen) atoms. The summed E-state index contributed by atoms with van der Waals surface area (Å²) in [6.07, 6.45) is 2.35. The summed E-state index contributed by atoms with van der Waals surface area (Å²) in [6, 6.07) is 0. The van der Waals surface area contributed by atoms with Gasteiger partial charge in [0, 0.05) is 13.1 Å². The molecule has 1 aliphatic heterocycles. The molecule has 0 unspecified atom stereocenters. The van der Waals surface area contributed by atoms with Gasteiger partial charge in [0.15, 0.2) is 0 Å². The fraction of sp³-hybridized carbons (Fsp3) is 0.778. The van der Waals surface area contributed by atoms with Gasteiger partial charge in [0.25, 0.3) is 0 Å². The lowest BCUT2D eigenvalue weighted by Crippen LogP contribution is -2.35. The number of β-amino-alcohol motifs (C(OH)–C–C–N with tert-alkyl or cyclic N) is 1. The summed E-state index contributed by atoms with van der Waals surface area (Å²) in [6.45, 7) is 2.20. The summed E-state index contributed by atoms with van der Waals surface area (Å²) >= 11 is 0.